The highest BCUT2D eigenvalue weighted by Gasteiger charge is 2.32. The average Bonchev–Trinajstić information content (AvgIpc) is 3.24. The van der Waals surface area contributed by atoms with Gasteiger partial charge in [0, 0.05) is 54.5 Å². The summed E-state index contributed by atoms with van der Waals surface area (Å²) in [5.74, 6) is -1.25. The molecule has 1 aromatic heterocycles. The van der Waals surface area contributed by atoms with Crippen LogP contribution in [0.25, 0.3) is 10.9 Å². The number of alkyl carbamates (subject to hydrolysis) is 1. The first-order chi connectivity index (χ1) is 39.9. The van der Waals surface area contributed by atoms with Crippen molar-refractivity contribution in [2.24, 2.45) is 17.8 Å². The number of aliphatic hydroxyl groups excluding tert-OH is 1. The number of ether oxygens (including phenoxy) is 3. The number of nitrogens with zero attached hydrogens (tertiary/aromatic N) is 1. The maximum Gasteiger partial charge on any atom is 0.407 e. The summed E-state index contributed by atoms with van der Waals surface area (Å²) in [4.78, 5) is 98.5. The summed E-state index contributed by atoms with van der Waals surface area (Å²) in [5.41, 5.74) is 1.56. The van der Waals surface area contributed by atoms with E-state index >= 15 is 0 Å². The van der Waals surface area contributed by atoms with Crippen LogP contribution < -0.4 is 52.0 Å². The van der Waals surface area contributed by atoms with Crippen LogP contribution in [0.2, 0.25) is 0 Å². The van der Waals surface area contributed by atoms with E-state index in [1.54, 1.807) is 82.6 Å². The van der Waals surface area contributed by atoms with Crippen LogP contribution in [0.3, 0.4) is 0 Å². The zero-order valence-electron chi connectivity index (χ0n) is 51.6. The molecule has 0 aliphatic heterocycles. The maximum atomic E-state index is 14.1. The van der Waals surface area contributed by atoms with Crippen LogP contribution in [0.5, 0.6) is 17.2 Å². The van der Waals surface area contributed by atoms with Gasteiger partial charge in [-0.25, -0.2) is 4.79 Å². The lowest BCUT2D eigenvalue weighted by Crippen LogP contribution is -2.55. The van der Waals surface area contributed by atoms with E-state index in [0.29, 0.717) is 81.8 Å². The van der Waals surface area contributed by atoms with Gasteiger partial charge in [-0.05, 0) is 157 Å². The maximum absolute atomic E-state index is 14.1. The molecular weight excluding hydrogens is 1070 g/mol. The molecule has 20 heteroatoms. The number of amides is 7. The second kappa shape index (κ2) is 35.0. The standard InChI is InChI=1S/C64H95N9O11/c1-13-15-31-65-55(75)39-54(74)51(35-40(3)4)71-62(80)56(42(7)14-2)73-59(77)45-25-29-48(30-26-45)83-47-27-23-44(24-28-47)58(76)72-53(36-41(5)6)61(79)70-50(22-16-17-32-68-63(81)84-64(9,10)11)60(78)67-34-18-20-43(8)69-52-38-49(82-12)37-46-21-19-33-66-57(46)52/h19,21,23-30,33,37-38,40-43,50-51,53-54,56,69,74H,13-18,20,22,31-32,34-36,39H2,1-12H3,(H,65,75)(H,67,78)(H,68,81)(H,70,79)(H,71,80)(H,72,76)(H,73,77)/t42?,43?,50-,51-,53-,54-,56-/m0/s1. The zero-order chi connectivity index (χ0) is 61.9. The number of anilines is 1. The highest BCUT2D eigenvalue weighted by atomic mass is 16.6. The van der Waals surface area contributed by atoms with Crippen molar-refractivity contribution < 1.29 is 52.9 Å². The molecule has 0 saturated carbocycles. The highest BCUT2D eigenvalue weighted by molar-refractivity contribution is 5.99. The molecule has 462 valence electrons. The van der Waals surface area contributed by atoms with Crippen molar-refractivity contribution in [2.75, 3.05) is 32.1 Å². The molecule has 0 spiro atoms. The minimum absolute atomic E-state index is 0.00307. The molecule has 0 aliphatic carbocycles. The summed E-state index contributed by atoms with van der Waals surface area (Å²) in [5, 5.41) is 35.7. The molecule has 4 aromatic rings. The van der Waals surface area contributed by atoms with Crippen molar-refractivity contribution in [1.82, 2.24) is 42.2 Å². The van der Waals surface area contributed by atoms with Crippen LogP contribution in [0, 0.1) is 17.8 Å². The fourth-order valence-electron chi connectivity index (χ4n) is 9.25. The monoisotopic (exact) mass is 1170 g/mol. The number of carbonyl (C=O) groups is 7. The number of hydrogen-bond acceptors (Lipinski definition) is 13. The normalized spacial score (nSPS) is 13.9. The van der Waals surface area contributed by atoms with Crippen molar-refractivity contribution in [3.8, 4) is 17.2 Å². The van der Waals surface area contributed by atoms with Gasteiger partial charge in [0.1, 0.15) is 41.0 Å². The van der Waals surface area contributed by atoms with E-state index in [1.165, 1.54) is 0 Å². The largest absolute Gasteiger partial charge is 0.497 e. The van der Waals surface area contributed by atoms with Gasteiger partial charge in [-0.3, -0.25) is 33.8 Å². The van der Waals surface area contributed by atoms with E-state index in [4.69, 9.17) is 14.2 Å². The summed E-state index contributed by atoms with van der Waals surface area (Å²) >= 11 is 0. The van der Waals surface area contributed by atoms with Gasteiger partial charge in [0.05, 0.1) is 36.9 Å². The second-order valence-corrected chi connectivity index (χ2v) is 23.6. The number of aromatic nitrogens is 1. The molecule has 9 N–H and O–H groups in total. The average molecular weight is 1170 g/mol. The Bertz CT molecular complexity index is 2730. The second-order valence-electron chi connectivity index (χ2n) is 23.6. The van der Waals surface area contributed by atoms with Crippen molar-refractivity contribution in [1.29, 1.82) is 0 Å². The Morgan fingerprint density at radius 2 is 1.25 bits per heavy atom. The number of methoxy groups -OCH3 is 1. The topological polar surface area (TPSA) is 277 Å². The van der Waals surface area contributed by atoms with E-state index in [2.05, 4.69) is 54.4 Å². The van der Waals surface area contributed by atoms with Crippen LogP contribution >= 0.6 is 0 Å². The third-order valence-corrected chi connectivity index (χ3v) is 14.0. The minimum Gasteiger partial charge on any atom is -0.497 e. The lowest BCUT2D eigenvalue weighted by molar-refractivity contribution is -0.130. The molecule has 0 saturated heterocycles. The number of unbranched alkanes of at least 4 members (excludes halogenated alkanes) is 2. The SMILES string of the molecule is CCCCNC(=O)C[C@H](O)[C@H](CC(C)C)NC(=O)[C@@H](NC(=O)c1ccc(Oc2ccc(C(=O)N[C@@H](CC(C)C)C(=O)N[C@@H](CCCCNC(=O)OC(C)(C)C)C(=O)NCCCC(C)Nc3cc(OC)cc4cccnc34)cc2)cc1)C(C)CC. The van der Waals surface area contributed by atoms with Crippen molar-refractivity contribution >= 4 is 58.1 Å². The van der Waals surface area contributed by atoms with E-state index < -0.39 is 65.6 Å². The van der Waals surface area contributed by atoms with Gasteiger partial charge in [-0.1, -0.05) is 67.4 Å². The first-order valence-electron chi connectivity index (χ1n) is 29.9. The molecular formula is C64H95N9O11. The molecule has 7 atom stereocenters. The predicted molar refractivity (Wildman–Crippen MR) is 328 cm³/mol. The van der Waals surface area contributed by atoms with Gasteiger partial charge in [0.25, 0.3) is 11.8 Å². The van der Waals surface area contributed by atoms with Crippen molar-refractivity contribution in [2.45, 2.75) is 189 Å². The predicted octanol–water partition coefficient (Wildman–Crippen LogP) is 9.10. The van der Waals surface area contributed by atoms with Crippen LogP contribution in [0.15, 0.2) is 79.0 Å². The molecule has 1 heterocycles. The van der Waals surface area contributed by atoms with Crippen molar-refractivity contribution in [3.63, 3.8) is 0 Å². The fraction of sp³-hybridized carbons (Fsp3) is 0.562. The smallest absolute Gasteiger partial charge is 0.407 e. The Morgan fingerprint density at radius 1 is 0.631 bits per heavy atom. The summed E-state index contributed by atoms with van der Waals surface area (Å²) < 4.78 is 16.9. The van der Waals surface area contributed by atoms with Crippen LogP contribution in [0.4, 0.5) is 10.5 Å². The Kier molecular flexibility index (Phi) is 28.7. The number of hydrogen-bond donors (Lipinski definition) is 9. The molecule has 0 aliphatic rings. The summed E-state index contributed by atoms with van der Waals surface area (Å²) in [6.07, 6.45) is 5.60. The molecule has 7 amide bonds. The minimum atomic E-state index is -1.12. The Hall–Kier alpha value is -7.48. The number of nitrogens with one attached hydrogen (secondary N) is 8. The molecule has 3 aromatic carbocycles. The number of fused-ring (bicyclic) bond motifs is 1. The molecule has 0 bridgehead atoms. The van der Waals surface area contributed by atoms with E-state index in [0.717, 1.165) is 29.4 Å². The van der Waals surface area contributed by atoms with Gasteiger partial charge < -0.3 is 61.9 Å². The van der Waals surface area contributed by atoms with Gasteiger partial charge in [0.15, 0.2) is 0 Å². The first-order valence-corrected chi connectivity index (χ1v) is 29.9. The molecule has 0 radical (unpaired) electrons. The van der Waals surface area contributed by atoms with Crippen molar-refractivity contribution in [3.05, 3.63) is 90.1 Å². The lowest BCUT2D eigenvalue weighted by Gasteiger charge is -2.30. The van der Waals surface area contributed by atoms with Gasteiger partial charge in [-0.2, -0.15) is 0 Å². The number of aliphatic hydroxyl groups is 1. The molecule has 20 nitrogen and oxygen atoms in total. The van der Waals surface area contributed by atoms with Gasteiger partial charge >= 0.3 is 6.09 Å². The number of benzene rings is 3. The number of carbonyl (C=O) groups excluding carboxylic acids is 7. The Balaban J connectivity index is 1.37. The Morgan fingerprint density at radius 3 is 1.85 bits per heavy atom. The molecule has 4 rings (SSSR count). The fourth-order valence-corrected chi connectivity index (χ4v) is 9.25. The third-order valence-electron chi connectivity index (χ3n) is 14.0. The van der Waals surface area contributed by atoms with Gasteiger partial charge in [0.2, 0.25) is 23.6 Å². The number of rotatable bonds is 35. The molecule has 0 fully saturated rings. The molecule has 2 unspecified atom stereocenters. The summed E-state index contributed by atoms with van der Waals surface area (Å²) in [7, 11) is 1.62. The summed E-state index contributed by atoms with van der Waals surface area (Å²) in [6.45, 7) is 22.2. The van der Waals surface area contributed by atoms with E-state index in [9.17, 15) is 38.7 Å². The van der Waals surface area contributed by atoms with Crippen LogP contribution in [-0.2, 0) is 23.9 Å². The quantitative estimate of drug-likeness (QED) is 0.0195. The summed E-state index contributed by atoms with van der Waals surface area (Å²) in [6, 6.07) is 16.9. The third kappa shape index (κ3) is 24.4. The van der Waals surface area contributed by atoms with Crippen LogP contribution in [-0.4, -0.2) is 120 Å². The highest BCUT2D eigenvalue weighted by Crippen LogP contribution is 2.29. The number of pyridine rings is 1. The lowest BCUT2D eigenvalue weighted by atomic mass is 9.94. The van der Waals surface area contributed by atoms with Gasteiger partial charge in [-0.15, -0.1) is 0 Å². The van der Waals surface area contributed by atoms with E-state index in [-0.39, 0.29) is 59.6 Å². The first kappa shape index (κ1) is 69.0. The van der Waals surface area contributed by atoms with E-state index in [1.807, 2.05) is 72.7 Å². The zero-order valence-corrected chi connectivity index (χ0v) is 51.6. The Labute approximate surface area is 497 Å². The van der Waals surface area contributed by atoms with Crippen LogP contribution in [0.1, 0.15) is 168 Å². The molecule has 84 heavy (non-hydrogen) atoms.